The van der Waals surface area contributed by atoms with Crippen LogP contribution >= 0.6 is 0 Å². The average molecular weight is 248 g/mol. The van der Waals surface area contributed by atoms with Crippen molar-refractivity contribution in [3.8, 4) is 0 Å². The molecule has 2 atom stereocenters. The van der Waals surface area contributed by atoms with Gasteiger partial charge in [0.15, 0.2) is 0 Å². The van der Waals surface area contributed by atoms with Crippen molar-refractivity contribution < 1.29 is 9.53 Å². The Morgan fingerprint density at radius 3 is 2.89 bits per heavy atom. The number of piperidine rings is 1. The van der Waals surface area contributed by atoms with Crippen LogP contribution in [-0.4, -0.2) is 29.6 Å². The normalized spacial score (nSPS) is 23.8. The highest BCUT2D eigenvalue weighted by Gasteiger charge is 2.29. The molecule has 1 heterocycles. The molecule has 1 aliphatic heterocycles. The molecule has 1 amide bonds. The fourth-order valence-electron chi connectivity index (χ4n) is 2.23. The first-order valence-electron chi connectivity index (χ1n) is 6.41. The number of rotatable bonds is 2. The average Bonchev–Trinajstić information content (AvgIpc) is 2.40. The molecule has 1 aliphatic rings. The van der Waals surface area contributed by atoms with Gasteiger partial charge in [0.05, 0.1) is 0 Å². The number of nitrogens with two attached hydrogens (primary N) is 1. The van der Waals surface area contributed by atoms with Crippen LogP contribution in [0.1, 0.15) is 25.3 Å². The van der Waals surface area contributed by atoms with E-state index >= 15 is 0 Å². The lowest BCUT2D eigenvalue weighted by atomic mass is 9.99. The minimum atomic E-state index is -0.262. The second-order valence-corrected chi connectivity index (χ2v) is 4.78. The van der Waals surface area contributed by atoms with Gasteiger partial charge in [-0.3, -0.25) is 0 Å². The Hall–Kier alpha value is -1.55. The molecule has 0 radical (unpaired) electrons. The number of carbonyl (C=O) groups is 1. The Labute approximate surface area is 108 Å². The Morgan fingerprint density at radius 2 is 2.17 bits per heavy atom. The lowest BCUT2D eigenvalue weighted by molar-refractivity contribution is 0.0666. The summed E-state index contributed by atoms with van der Waals surface area (Å²) in [4.78, 5) is 13.7. The van der Waals surface area contributed by atoms with Gasteiger partial charge in [0.2, 0.25) is 0 Å². The number of amides is 1. The molecule has 4 heteroatoms. The molecule has 18 heavy (non-hydrogen) atoms. The van der Waals surface area contributed by atoms with Crippen molar-refractivity contribution in [3.63, 3.8) is 0 Å². The van der Waals surface area contributed by atoms with E-state index in [0.717, 1.165) is 24.9 Å². The molecule has 0 aliphatic carbocycles. The van der Waals surface area contributed by atoms with Crippen molar-refractivity contribution in [2.75, 3.05) is 6.54 Å². The molecular formula is C14H20N2O2. The molecule has 98 valence electrons. The second kappa shape index (κ2) is 5.87. The van der Waals surface area contributed by atoms with Crippen molar-refractivity contribution in [2.45, 2.75) is 38.5 Å². The third kappa shape index (κ3) is 3.01. The summed E-state index contributed by atoms with van der Waals surface area (Å²) < 4.78 is 5.32. The number of carbonyl (C=O) groups excluding carboxylic acids is 1. The number of nitrogens with zero attached hydrogens (tertiary/aromatic N) is 1. The molecule has 1 fully saturated rings. The maximum Gasteiger partial charge on any atom is 0.410 e. The first-order chi connectivity index (χ1) is 8.68. The van der Waals surface area contributed by atoms with Crippen molar-refractivity contribution in [1.29, 1.82) is 0 Å². The van der Waals surface area contributed by atoms with Crippen LogP contribution in [-0.2, 0) is 11.3 Å². The van der Waals surface area contributed by atoms with Gasteiger partial charge >= 0.3 is 6.09 Å². The van der Waals surface area contributed by atoms with Crippen LogP contribution in [0.2, 0.25) is 0 Å². The van der Waals surface area contributed by atoms with E-state index in [4.69, 9.17) is 10.5 Å². The molecule has 0 unspecified atom stereocenters. The molecule has 0 bridgehead atoms. The van der Waals surface area contributed by atoms with Crippen molar-refractivity contribution in [1.82, 2.24) is 4.90 Å². The highest BCUT2D eigenvalue weighted by Crippen LogP contribution is 2.17. The smallest absolute Gasteiger partial charge is 0.410 e. The summed E-state index contributed by atoms with van der Waals surface area (Å²) in [5.74, 6) is 0. The van der Waals surface area contributed by atoms with Gasteiger partial charge in [0.25, 0.3) is 0 Å². The van der Waals surface area contributed by atoms with E-state index in [2.05, 4.69) is 0 Å². The SMILES string of the molecule is C[C@@H]1[C@@H](N)CCCN1C(=O)OCc1ccccc1. The summed E-state index contributed by atoms with van der Waals surface area (Å²) >= 11 is 0. The molecule has 0 spiro atoms. The van der Waals surface area contributed by atoms with Crippen molar-refractivity contribution >= 4 is 6.09 Å². The molecule has 1 saturated heterocycles. The van der Waals surface area contributed by atoms with Crippen molar-refractivity contribution in [3.05, 3.63) is 35.9 Å². The summed E-state index contributed by atoms with van der Waals surface area (Å²) in [6.07, 6.45) is 1.66. The zero-order valence-electron chi connectivity index (χ0n) is 10.7. The zero-order valence-corrected chi connectivity index (χ0v) is 10.7. The van der Waals surface area contributed by atoms with E-state index in [1.165, 1.54) is 0 Å². The lowest BCUT2D eigenvalue weighted by Gasteiger charge is -2.36. The minimum Gasteiger partial charge on any atom is -0.445 e. The maximum atomic E-state index is 12.0. The van der Waals surface area contributed by atoms with Gasteiger partial charge in [0, 0.05) is 18.6 Å². The highest BCUT2D eigenvalue weighted by molar-refractivity contribution is 5.68. The van der Waals surface area contributed by atoms with Gasteiger partial charge < -0.3 is 15.4 Å². The molecule has 4 nitrogen and oxygen atoms in total. The minimum absolute atomic E-state index is 0.0574. The van der Waals surface area contributed by atoms with E-state index in [1.54, 1.807) is 4.90 Å². The summed E-state index contributed by atoms with van der Waals surface area (Å²) in [6.45, 7) is 3.04. The van der Waals surface area contributed by atoms with Gasteiger partial charge in [-0.15, -0.1) is 0 Å². The van der Waals surface area contributed by atoms with E-state index in [1.807, 2.05) is 37.3 Å². The fraction of sp³-hybridized carbons (Fsp3) is 0.500. The number of ether oxygens (including phenoxy) is 1. The van der Waals surface area contributed by atoms with E-state index in [0.29, 0.717) is 6.61 Å². The van der Waals surface area contributed by atoms with Gasteiger partial charge in [-0.1, -0.05) is 30.3 Å². The summed E-state index contributed by atoms with van der Waals surface area (Å²) in [5.41, 5.74) is 6.96. The molecule has 2 rings (SSSR count). The largest absolute Gasteiger partial charge is 0.445 e. The summed E-state index contributed by atoms with van der Waals surface area (Å²) in [6, 6.07) is 9.81. The van der Waals surface area contributed by atoms with Gasteiger partial charge in [-0.05, 0) is 25.3 Å². The fourth-order valence-corrected chi connectivity index (χ4v) is 2.23. The Bertz CT molecular complexity index is 394. The third-order valence-electron chi connectivity index (χ3n) is 3.49. The quantitative estimate of drug-likeness (QED) is 0.872. The first kappa shape index (κ1) is 12.9. The molecule has 0 saturated carbocycles. The molecule has 0 aromatic heterocycles. The van der Waals surface area contributed by atoms with Crippen LogP contribution in [0.25, 0.3) is 0 Å². The first-order valence-corrected chi connectivity index (χ1v) is 6.41. The Balaban J connectivity index is 1.88. The van der Waals surface area contributed by atoms with Crippen molar-refractivity contribution in [2.24, 2.45) is 5.73 Å². The van der Waals surface area contributed by atoms with Crippen LogP contribution in [0, 0.1) is 0 Å². The Kier molecular flexibility index (Phi) is 4.20. The van der Waals surface area contributed by atoms with Gasteiger partial charge in [-0.25, -0.2) is 4.79 Å². The zero-order chi connectivity index (χ0) is 13.0. The predicted octanol–water partition coefficient (Wildman–Crippen LogP) is 2.13. The molecule has 2 N–H and O–H groups in total. The van der Waals surface area contributed by atoms with Crippen LogP contribution in [0.3, 0.4) is 0 Å². The number of hydrogen-bond donors (Lipinski definition) is 1. The van der Waals surface area contributed by atoms with Gasteiger partial charge in [0.1, 0.15) is 6.61 Å². The molecule has 1 aromatic carbocycles. The van der Waals surface area contributed by atoms with Gasteiger partial charge in [-0.2, -0.15) is 0 Å². The van der Waals surface area contributed by atoms with Crippen LogP contribution < -0.4 is 5.73 Å². The third-order valence-corrected chi connectivity index (χ3v) is 3.49. The van der Waals surface area contributed by atoms with Crippen LogP contribution in [0.4, 0.5) is 4.79 Å². The topological polar surface area (TPSA) is 55.6 Å². The summed E-state index contributed by atoms with van der Waals surface area (Å²) in [7, 11) is 0. The Morgan fingerprint density at radius 1 is 1.44 bits per heavy atom. The van der Waals surface area contributed by atoms with Crippen LogP contribution in [0.15, 0.2) is 30.3 Å². The maximum absolute atomic E-state index is 12.0. The summed E-state index contributed by atoms with van der Waals surface area (Å²) in [5, 5.41) is 0. The number of likely N-dealkylation sites (tertiary alicyclic amines) is 1. The number of benzene rings is 1. The molecule has 1 aromatic rings. The second-order valence-electron chi connectivity index (χ2n) is 4.78. The van der Waals surface area contributed by atoms with Crippen LogP contribution in [0.5, 0.6) is 0 Å². The standard InChI is InChI=1S/C14H20N2O2/c1-11-13(15)8-5-9-16(11)14(17)18-10-12-6-3-2-4-7-12/h2-4,6-7,11,13H,5,8-10,15H2,1H3/t11-,13+/m1/s1. The van der Waals surface area contributed by atoms with E-state index < -0.39 is 0 Å². The monoisotopic (exact) mass is 248 g/mol. The van der Waals surface area contributed by atoms with E-state index in [9.17, 15) is 4.79 Å². The van der Waals surface area contributed by atoms with E-state index in [-0.39, 0.29) is 18.2 Å². The predicted molar refractivity (Wildman–Crippen MR) is 70.0 cm³/mol. The molecular weight excluding hydrogens is 228 g/mol. The highest BCUT2D eigenvalue weighted by atomic mass is 16.6. The lowest BCUT2D eigenvalue weighted by Crippen LogP contribution is -2.52. The number of hydrogen-bond acceptors (Lipinski definition) is 3.